The number of halogens is 2. The van der Waals surface area contributed by atoms with E-state index in [1.54, 1.807) is 24.3 Å². The third-order valence-electron chi connectivity index (χ3n) is 5.71. The summed E-state index contributed by atoms with van der Waals surface area (Å²) in [5.74, 6) is -2.98. The van der Waals surface area contributed by atoms with Crippen LogP contribution in [0.25, 0.3) is 0 Å². The van der Waals surface area contributed by atoms with Crippen LogP contribution in [0, 0.1) is 0 Å². The first-order valence-electron chi connectivity index (χ1n) is 9.59. The van der Waals surface area contributed by atoms with Crippen molar-refractivity contribution in [2.24, 2.45) is 0 Å². The van der Waals surface area contributed by atoms with E-state index >= 15 is 0 Å². The molecule has 10 nitrogen and oxygen atoms in total. The summed E-state index contributed by atoms with van der Waals surface area (Å²) in [5, 5.41) is 15.7. The fourth-order valence-electron chi connectivity index (χ4n) is 4.16. The van der Waals surface area contributed by atoms with Crippen molar-refractivity contribution in [1.82, 2.24) is 19.3 Å². The van der Waals surface area contributed by atoms with Crippen molar-refractivity contribution in [2.75, 3.05) is 17.7 Å². The summed E-state index contributed by atoms with van der Waals surface area (Å²) in [6.07, 6.45) is 0.0519. The van der Waals surface area contributed by atoms with Crippen LogP contribution in [0.1, 0.15) is 30.0 Å². The highest BCUT2D eigenvalue weighted by atomic mass is 32.2. The van der Waals surface area contributed by atoms with Gasteiger partial charge in [0.15, 0.2) is 10.3 Å². The molecule has 1 heterocycles. The Morgan fingerprint density at radius 2 is 1.87 bits per heavy atom. The molecule has 0 spiro atoms. The molecule has 0 unspecified atom stereocenters. The minimum Gasteiger partial charge on any atom is -0.735 e. The van der Waals surface area contributed by atoms with Crippen molar-refractivity contribution in [3.8, 4) is 0 Å². The molecule has 1 aromatic heterocycles. The van der Waals surface area contributed by atoms with Gasteiger partial charge >= 0.3 is 0 Å². The van der Waals surface area contributed by atoms with Gasteiger partial charge in [-0.25, -0.2) is 31.5 Å². The molecule has 2 aromatic rings. The van der Waals surface area contributed by atoms with E-state index < -0.39 is 40.5 Å². The Kier molecular flexibility index (Phi) is 5.54. The first kappa shape index (κ1) is 21.7. The topological polar surface area (TPSA) is 143 Å². The van der Waals surface area contributed by atoms with Crippen LogP contribution in [0.4, 0.5) is 20.7 Å². The van der Waals surface area contributed by atoms with Gasteiger partial charge in [-0.3, -0.25) is 0 Å². The van der Waals surface area contributed by atoms with Gasteiger partial charge in [-0.1, -0.05) is 24.3 Å². The largest absolute Gasteiger partial charge is 0.735 e. The number of rotatable bonds is 6. The van der Waals surface area contributed by atoms with Crippen molar-refractivity contribution >= 4 is 22.2 Å². The Hall–Kier alpha value is -2.48. The van der Waals surface area contributed by atoms with Crippen LogP contribution in [-0.4, -0.2) is 68.5 Å². The van der Waals surface area contributed by atoms with Crippen LogP contribution in [0.15, 0.2) is 30.6 Å². The molecule has 0 bridgehead atoms. The second-order valence-electron chi connectivity index (χ2n) is 7.77. The van der Waals surface area contributed by atoms with Crippen LogP contribution >= 0.6 is 0 Å². The summed E-state index contributed by atoms with van der Waals surface area (Å²) >= 11 is 0. The Bertz CT molecular complexity index is 1070. The van der Waals surface area contributed by atoms with Crippen molar-refractivity contribution in [3.05, 3.63) is 41.7 Å². The highest BCUT2D eigenvalue weighted by Gasteiger charge is 2.48. The van der Waals surface area contributed by atoms with E-state index in [9.17, 15) is 26.9 Å². The maximum atomic E-state index is 14.5. The minimum absolute atomic E-state index is 0.0479. The van der Waals surface area contributed by atoms with Gasteiger partial charge < -0.3 is 20.3 Å². The Labute approximate surface area is 177 Å². The molecule has 2 aliphatic rings. The molecule has 4 atom stereocenters. The number of fused-ring (bicyclic) bond motifs is 1. The van der Waals surface area contributed by atoms with Crippen LogP contribution in [0.3, 0.4) is 0 Å². The van der Waals surface area contributed by atoms with E-state index in [1.807, 2.05) is 0 Å². The fourth-order valence-corrected chi connectivity index (χ4v) is 4.72. The number of aliphatic hydroxyl groups is 1. The molecule has 1 fully saturated rings. The van der Waals surface area contributed by atoms with Crippen LogP contribution in [-0.2, 0) is 16.7 Å². The molecule has 1 aromatic carbocycles. The van der Waals surface area contributed by atoms with Gasteiger partial charge in [0, 0.05) is 19.5 Å². The lowest BCUT2D eigenvalue weighted by atomic mass is 10.1. The van der Waals surface area contributed by atoms with Gasteiger partial charge in [-0.05, 0) is 24.0 Å². The maximum absolute atomic E-state index is 14.5. The molecule has 1 saturated carbocycles. The summed E-state index contributed by atoms with van der Waals surface area (Å²) in [6.45, 7) is 0. The van der Waals surface area contributed by atoms with Gasteiger partial charge in [0.2, 0.25) is 11.9 Å². The van der Waals surface area contributed by atoms with Crippen LogP contribution < -0.4 is 10.6 Å². The van der Waals surface area contributed by atoms with Crippen molar-refractivity contribution < 1.29 is 26.9 Å². The monoisotopic (exact) mass is 455 g/mol. The zero-order valence-corrected chi connectivity index (χ0v) is 17.3. The average Bonchev–Trinajstić information content (AvgIpc) is 3.17. The highest BCUT2D eigenvalue weighted by Crippen LogP contribution is 2.44. The predicted molar refractivity (Wildman–Crippen MR) is 105 cm³/mol. The number of benzene rings is 1. The number of nitrogens with one attached hydrogen (secondary N) is 2. The predicted octanol–water partition coefficient (Wildman–Crippen LogP) is 0.912. The average molecular weight is 455 g/mol. The fraction of sp³-hybridized carbons (Fsp3) is 0.500. The first-order valence-corrected chi connectivity index (χ1v) is 11.0. The maximum Gasteiger partial charge on any atom is 0.276 e. The number of hydrogen-bond acceptors (Lipinski definition) is 9. The summed E-state index contributed by atoms with van der Waals surface area (Å²) in [6, 6.07) is 4.10. The Morgan fingerprint density at radius 1 is 1.19 bits per heavy atom. The summed E-state index contributed by atoms with van der Waals surface area (Å²) in [7, 11) is -3.58. The van der Waals surface area contributed by atoms with Gasteiger partial charge in [-0.2, -0.15) is 4.98 Å². The zero-order valence-electron chi connectivity index (χ0n) is 16.4. The smallest absolute Gasteiger partial charge is 0.276 e. The highest BCUT2D eigenvalue weighted by molar-refractivity contribution is 7.83. The summed E-state index contributed by atoms with van der Waals surface area (Å²) < 4.78 is 63.3. The van der Waals surface area contributed by atoms with E-state index in [0.29, 0.717) is 15.4 Å². The van der Waals surface area contributed by atoms with E-state index in [1.165, 1.54) is 0 Å². The second kappa shape index (κ2) is 7.89. The number of anilines is 2. The SMILES string of the molecule is CN([C@H]1C[C@@H](Nc2ncnc(N[C@@H]3c4ccccc4CC3(F)F)n2)C[C@@H]1O)S(=O)(=O)[O-]. The number of aromatic nitrogens is 3. The lowest BCUT2D eigenvalue weighted by molar-refractivity contribution is -0.00729. The number of hydrogen-bond donors (Lipinski definition) is 3. The molecule has 0 radical (unpaired) electrons. The minimum atomic E-state index is -4.70. The van der Waals surface area contributed by atoms with E-state index in [-0.39, 0.29) is 31.2 Å². The molecule has 0 aliphatic heterocycles. The Morgan fingerprint density at radius 3 is 2.58 bits per heavy atom. The molecule has 31 heavy (non-hydrogen) atoms. The molecule has 168 valence electrons. The molecule has 2 aliphatic carbocycles. The molecule has 13 heteroatoms. The summed E-state index contributed by atoms with van der Waals surface area (Å²) in [4.78, 5) is 12.0. The molecule has 4 rings (SSSR count). The molecule has 0 saturated heterocycles. The summed E-state index contributed by atoms with van der Waals surface area (Å²) in [5.41, 5.74) is 1.03. The van der Waals surface area contributed by atoms with Crippen molar-refractivity contribution in [2.45, 2.75) is 49.4 Å². The van der Waals surface area contributed by atoms with Crippen molar-refractivity contribution in [3.63, 3.8) is 0 Å². The Balaban J connectivity index is 1.46. The third kappa shape index (κ3) is 4.44. The molecular weight excluding hydrogens is 434 g/mol. The van der Waals surface area contributed by atoms with Gasteiger partial charge in [0.25, 0.3) is 5.92 Å². The lowest BCUT2D eigenvalue weighted by Gasteiger charge is -2.28. The van der Waals surface area contributed by atoms with Gasteiger partial charge in [0.05, 0.1) is 12.1 Å². The van der Waals surface area contributed by atoms with Crippen molar-refractivity contribution in [1.29, 1.82) is 0 Å². The normalized spacial score (nSPS) is 27.3. The van der Waals surface area contributed by atoms with E-state index in [2.05, 4.69) is 25.6 Å². The van der Waals surface area contributed by atoms with E-state index in [4.69, 9.17) is 0 Å². The number of nitrogens with zero attached hydrogens (tertiary/aromatic N) is 4. The number of likely N-dealkylation sites (N-methyl/N-ethyl adjacent to an activating group) is 1. The standard InChI is InChI=1S/C18H22F2N6O4S/c1-26(31(28,29)30)13-6-11(7-14(13)27)23-16-21-9-22-17(25-16)24-15-12-5-3-2-4-10(12)8-18(15,19)20/h2-5,9,11,13-15,27H,6-8H2,1H3,(H,28,29,30)(H2,21,22,23,24,25)/p-1/t11-,13+,14+,15-/m1/s1. The van der Waals surface area contributed by atoms with Crippen LogP contribution in [0.2, 0.25) is 0 Å². The molecule has 0 amide bonds. The quantitative estimate of drug-likeness (QED) is 0.542. The van der Waals surface area contributed by atoms with E-state index in [0.717, 1.165) is 13.4 Å². The first-order chi connectivity index (χ1) is 14.5. The third-order valence-corrected chi connectivity index (χ3v) is 6.69. The van der Waals surface area contributed by atoms with Gasteiger partial charge in [0.1, 0.15) is 12.4 Å². The van der Waals surface area contributed by atoms with Crippen LogP contribution in [0.5, 0.6) is 0 Å². The number of alkyl halides is 2. The second-order valence-corrected chi connectivity index (χ2v) is 9.20. The molecule has 3 N–H and O–H groups in total. The molecular formula is C18H21F2N6O4S-. The number of aliphatic hydroxyl groups excluding tert-OH is 1. The van der Waals surface area contributed by atoms with Gasteiger partial charge in [-0.15, -0.1) is 0 Å². The lowest BCUT2D eigenvalue weighted by Crippen LogP contribution is -2.41. The zero-order chi connectivity index (χ0) is 22.4.